The molecule has 0 aromatic rings. The summed E-state index contributed by atoms with van der Waals surface area (Å²) < 4.78 is 15.9. The van der Waals surface area contributed by atoms with E-state index in [2.05, 4.69) is 0 Å². The Morgan fingerprint density at radius 1 is 1.33 bits per heavy atom. The van der Waals surface area contributed by atoms with Crippen LogP contribution >= 0.6 is 0 Å². The molecule has 0 aliphatic carbocycles. The number of ether oxygens (including phenoxy) is 3. The SMILES string of the molecule is CC(C)C(=O)O[C@H]1CO[C@H]2[C@@H]1OC[C@H]2O. The molecule has 4 atom stereocenters. The van der Waals surface area contributed by atoms with Crippen molar-refractivity contribution >= 4 is 5.97 Å². The van der Waals surface area contributed by atoms with Crippen LogP contribution in [-0.4, -0.2) is 48.7 Å². The highest BCUT2D eigenvalue weighted by atomic mass is 16.6. The largest absolute Gasteiger partial charge is 0.457 e. The van der Waals surface area contributed by atoms with Crippen molar-refractivity contribution in [1.29, 1.82) is 0 Å². The molecule has 2 heterocycles. The molecule has 2 fully saturated rings. The average molecular weight is 216 g/mol. The minimum Gasteiger partial charge on any atom is -0.457 e. The van der Waals surface area contributed by atoms with Crippen molar-refractivity contribution in [3.63, 3.8) is 0 Å². The highest BCUT2D eigenvalue weighted by molar-refractivity contribution is 5.71. The molecule has 2 saturated heterocycles. The van der Waals surface area contributed by atoms with Crippen LogP contribution in [0.5, 0.6) is 0 Å². The first kappa shape index (κ1) is 10.9. The molecule has 0 saturated carbocycles. The van der Waals surface area contributed by atoms with E-state index < -0.39 is 6.10 Å². The minimum absolute atomic E-state index is 0.157. The molecule has 0 spiro atoms. The molecular formula is C10H16O5. The van der Waals surface area contributed by atoms with Gasteiger partial charge >= 0.3 is 5.97 Å². The Labute approximate surface area is 88.3 Å². The lowest BCUT2D eigenvalue weighted by molar-refractivity contribution is -0.157. The summed E-state index contributed by atoms with van der Waals surface area (Å²) in [6.45, 7) is 4.12. The Kier molecular flexibility index (Phi) is 2.95. The predicted octanol–water partition coefficient (Wildman–Crippen LogP) is -0.287. The standard InChI is InChI=1S/C10H16O5/c1-5(2)10(12)15-7-4-14-8-6(11)3-13-9(7)8/h5-9,11H,3-4H2,1-2H3/t6-,7+,8-,9-/m1/s1. The third-order valence-corrected chi connectivity index (χ3v) is 2.72. The van der Waals surface area contributed by atoms with Gasteiger partial charge in [-0.15, -0.1) is 0 Å². The minimum atomic E-state index is -0.599. The summed E-state index contributed by atoms with van der Waals surface area (Å²) in [5.74, 6) is -0.412. The van der Waals surface area contributed by atoms with E-state index in [1.165, 1.54) is 0 Å². The number of carbonyl (C=O) groups excluding carboxylic acids is 1. The number of aliphatic hydroxyl groups is 1. The second-order valence-electron chi connectivity index (χ2n) is 4.29. The molecule has 0 amide bonds. The van der Waals surface area contributed by atoms with Gasteiger partial charge in [-0.05, 0) is 0 Å². The Hall–Kier alpha value is -0.650. The lowest BCUT2D eigenvalue weighted by Gasteiger charge is -2.17. The lowest BCUT2D eigenvalue weighted by atomic mass is 10.1. The molecule has 2 aliphatic rings. The fourth-order valence-electron chi connectivity index (χ4n) is 1.83. The van der Waals surface area contributed by atoms with E-state index in [0.717, 1.165) is 0 Å². The molecule has 0 bridgehead atoms. The highest BCUT2D eigenvalue weighted by Crippen LogP contribution is 2.29. The topological polar surface area (TPSA) is 65.0 Å². The summed E-state index contributed by atoms with van der Waals surface area (Å²) in [6.07, 6.45) is -1.61. The van der Waals surface area contributed by atoms with Crippen LogP contribution in [0.25, 0.3) is 0 Å². The van der Waals surface area contributed by atoms with Crippen molar-refractivity contribution in [1.82, 2.24) is 0 Å². The van der Waals surface area contributed by atoms with Gasteiger partial charge in [0.15, 0.2) is 6.10 Å². The van der Waals surface area contributed by atoms with E-state index >= 15 is 0 Å². The van der Waals surface area contributed by atoms with E-state index in [1.54, 1.807) is 13.8 Å². The lowest BCUT2D eigenvalue weighted by Crippen LogP contribution is -2.35. The van der Waals surface area contributed by atoms with Crippen molar-refractivity contribution < 1.29 is 24.1 Å². The molecule has 86 valence electrons. The molecule has 15 heavy (non-hydrogen) atoms. The van der Waals surface area contributed by atoms with Gasteiger partial charge in [0, 0.05) is 0 Å². The van der Waals surface area contributed by atoms with E-state index in [0.29, 0.717) is 6.61 Å². The van der Waals surface area contributed by atoms with E-state index in [9.17, 15) is 9.90 Å². The van der Waals surface area contributed by atoms with Gasteiger partial charge in [0.1, 0.15) is 18.3 Å². The van der Waals surface area contributed by atoms with Gasteiger partial charge in [-0.25, -0.2) is 0 Å². The zero-order chi connectivity index (χ0) is 11.0. The second kappa shape index (κ2) is 4.08. The summed E-state index contributed by atoms with van der Waals surface area (Å²) in [7, 11) is 0. The van der Waals surface area contributed by atoms with Crippen LogP contribution in [0.2, 0.25) is 0 Å². The number of carbonyl (C=O) groups is 1. The monoisotopic (exact) mass is 216 g/mol. The van der Waals surface area contributed by atoms with Gasteiger partial charge in [0.2, 0.25) is 0 Å². The zero-order valence-corrected chi connectivity index (χ0v) is 8.88. The fraction of sp³-hybridized carbons (Fsp3) is 0.900. The molecule has 5 nitrogen and oxygen atoms in total. The number of esters is 1. The van der Waals surface area contributed by atoms with Crippen LogP contribution in [0.15, 0.2) is 0 Å². The number of rotatable bonds is 2. The molecule has 0 aromatic heterocycles. The third kappa shape index (κ3) is 2.00. The second-order valence-corrected chi connectivity index (χ2v) is 4.29. The first-order chi connectivity index (χ1) is 7.09. The van der Waals surface area contributed by atoms with Gasteiger partial charge in [0.25, 0.3) is 0 Å². The van der Waals surface area contributed by atoms with Gasteiger partial charge in [-0.1, -0.05) is 13.8 Å². The number of fused-ring (bicyclic) bond motifs is 1. The fourth-order valence-corrected chi connectivity index (χ4v) is 1.83. The Morgan fingerprint density at radius 2 is 2.00 bits per heavy atom. The Bertz CT molecular complexity index is 252. The van der Waals surface area contributed by atoms with Crippen LogP contribution < -0.4 is 0 Å². The first-order valence-corrected chi connectivity index (χ1v) is 5.21. The van der Waals surface area contributed by atoms with Gasteiger partial charge in [-0.2, -0.15) is 0 Å². The molecule has 2 rings (SSSR count). The maximum Gasteiger partial charge on any atom is 0.308 e. The van der Waals surface area contributed by atoms with Crippen molar-refractivity contribution in [2.75, 3.05) is 13.2 Å². The highest BCUT2D eigenvalue weighted by Gasteiger charge is 2.48. The average Bonchev–Trinajstić information content (AvgIpc) is 2.71. The van der Waals surface area contributed by atoms with Crippen LogP contribution in [0.3, 0.4) is 0 Å². The number of aliphatic hydroxyl groups excluding tert-OH is 1. The first-order valence-electron chi connectivity index (χ1n) is 5.21. The third-order valence-electron chi connectivity index (χ3n) is 2.72. The molecular weight excluding hydrogens is 200 g/mol. The molecule has 1 N–H and O–H groups in total. The van der Waals surface area contributed by atoms with Crippen molar-refractivity contribution in [2.24, 2.45) is 5.92 Å². The molecule has 5 heteroatoms. The molecule has 0 aromatic carbocycles. The van der Waals surface area contributed by atoms with Gasteiger partial charge in [-0.3, -0.25) is 4.79 Å². The number of hydrogen-bond acceptors (Lipinski definition) is 5. The van der Waals surface area contributed by atoms with Crippen molar-refractivity contribution in [2.45, 2.75) is 38.3 Å². The van der Waals surface area contributed by atoms with Gasteiger partial charge in [0.05, 0.1) is 19.1 Å². The normalized spacial score (nSPS) is 39.5. The zero-order valence-electron chi connectivity index (χ0n) is 8.88. The smallest absolute Gasteiger partial charge is 0.308 e. The Morgan fingerprint density at radius 3 is 2.67 bits per heavy atom. The number of hydrogen-bond donors (Lipinski definition) is 1. The predicted molar refractivity (Wildman–Crippen MR) is 50.2 cm³/mol. The van der Waals surface area contributed by atoms with Gasteiger partial charge < -0.3 is 19.3 Å². The summed E-state index contributed by atoms with van der Waals surface area (Å²) in [5, 5.41) is 9.47. The van der Waals surface area contributed by atoms with Crippen LogP contribution in [0.1, 0.15) is 13.8 Å². The summed E-state index contributed by atoms with van der Waals surface area (Å²) in [5.41, 5.74) is 0. The molecule has 2 aliphatic heterocycles. The molecule has 0 radical (unpaired) electrons. The summed E-state index contributed by atoms with van der Waals surface area (Å²) >= 11 is 0. The maximum atomic E-state index is 11.4. The Balaban J connectivity index is 1.93. The van der Waals surface area contributed by atoms with Crippen LogP contribution in [0.4, 0.5) is 0 Å². The van der Waals surface area contributed by atoms with E-state index in [-0.39, 0.29) is 36.8 Å². The van der Waals surface area contributed by atoms with Crippen molar-refractivity contribution in [3.8, 4) is 0 Å². The maximum absolute atomic E-state index is 11.4. The molecule has 0 unspecified atom stereocenters. The summed E-state index contributed by atoms with van der Waals surface area (Å²) in [4.78, 5) is 11.4. The summed E-state index contributed by atoms with van der Waals surface area (Å²) in [6, 6.07) is 0. The van der Waals surface area contributed by atoms with E-state index in [1.807, 2.05) is 0 Å². The van der Waals surface area contributed by atoms with Crippen molar-refractivity contribution in [3.05, 3.63) is 0 Å². The van der Waals surface area contributed by atoms with Crippen LogP contribution in [0, 0.1) is 5.92 Å². The van der Waals surface area contributed by atoms with Crippen LogP contribution in [-0.2, 0) is 19.0 Å². The van der Waals surface area contributed by atoms with E-state index in [4.69, 9.17) is 14.2 Å². The quantitative estimate of drug-likeness (QED) is 0.643.